The predicted octanol–water partition coefficient (Wildman–Crippen LogP) is 3.39. The van der Waals surface area contributed by atoms with Crippen LogP contribution in [0.4, 0.5) is 0 Å². The molecule has 0 spiro atoms. The van der Waals surface area contributed by atoms with E-state index < -0.39 is 0 Å². The third-order valence-electron chi connectivity index (χ3n) is 5.52. The molecule has 0 unspecified atom stereocenters. The summed E-state index contributed by atoms with van der Waals surface area (Å²) < 4.78 is 8.21. The molecule has 1 aliphatic carbocycles. The van der Waals surface area contributed by atoms with Gasteiger partial charge in [0.25, 0.3) is 0 Å². The summed E-state index contributed by atoms with van der Waals surface area (Å²) in [5.41, 5.74) is 0. The van der Waals surface area contributed by atoms with Crippen molar-refractivity contribution in [2.45, 2.75) is 90.3 Å². The molecule has 136 valence electrons. The molecule has 1 saturated heterocycles. The SMILES string of the molecule is CCCCn1nc(C2CCCC2)nc1C[C@H]1CN(C(C)C)CCO1. The summed E-state index contributed by atoms with van der Waals surface area (Å²) in [4.78, 5) is 7.48. The minimum absolute atomic E-state index is 0.252. The lowest BCUT2D eigenvalue weighted by Gasteiger charge is -2.35. The van der Waals surface area contributed by atoms with Crippen LogP contribution in [0.5, 0.6) is 0 Å². The molecule has 5 heteroatoms. The molecule has 0 aromatic carbocycles. The Labute approximate surface area is 146 Å². The lowest BCUT2D eigenvalue weighted by Crippen LogP contribution is -2.46. The fourth-order valence-corrected chi connectivity index (χ4v) is 3.93. The van der Waals surface area contributed by atoms with Crippen LogP contribution in [0.1, 0.15) is 76.9 Å². The van der Waals surface area contributed by atoms with Crippen LogP contribution in [0.25, 0.3) is 0 Å². The highest BCUT2D eigenvalue weighted by Gasteiger charge is 2.27. The van der Waals surface area contributed by atoms with Gasteiger partial charge in [0.1, 0.15) is 5.82 Å². The zero-order valence-electron chi connectivity index (χ0n) is 15.7. The van der Waals surface area contributed by atoms with Crippen molar-refractivity contribution in [1.82, 2.24) is 19.7 Å². The van der Waals surface area contributed by atoms with Gasteiger partial charge in [-0.3, -0.25) is 4.90 Å². The molecule has 0 radical (unpaired) electrons. The average Bonchev–Trinajstić information content (AvgIpc) is 3.23. The first-order valence-corrected chi connectivity index (χ1v) is 9.96. The molecule has 5 nitrogen and oxygen atoms in total. The number of hydrogen-bond acceptors (Lipinski definition) is 4. The number of nitrogens with zero attached hydrogens (tertiary/aromatic N) is 4. The van der Waals surface area contributed by atoms with E-state index in [1.807, 2.05) is 0 Å². The van der Waals surface area contributed by atoms with Gasteiger partial charge in [-0.15, -0.1) is 0 Å². The number of morpholine rings is 1. The predicted molar refractivity (Wildman–Crippen MR) is 96.3 cm³/mol. The molecule has 3 rings (SSSR count). The minimum atomic E-state index is 0.252. The maximum absolute atomic E-state index is 6.03. The van der Waals surface area contributed by atoms with E-state index in [1.54, 1.807) is 0 Å². The number of unbranched alkanes of at least 4 members (excludes halogenated alkanes) is 1. The number of aryl methyl sites for hydroxylation is 1. The van der Waals surface area contributed by atoms with Crippen LogP contribution in [-0.4, -0.2) is 51.5 Å². The average molecular weight is 335 g/mol. The van der Waals surface area contributed by atoms with E-state index in [0.29, 0.717) is 12.0 Å². The van der Waals surface area contributed by atoms with Crippen molar-refractivity contribution < 1.29 is 4.74 Å². The maximum atomic E-state index is 6.03. The summed E-state index contributed by atoms with van der Waals surface area (Å²) in [6.45, 7) is 10.7. The van der Waals surface area contributed by atoms with E-state index in [0.717, 1.165) is 44.3 Å². The van der Waals surface area contributed by atoms with Gasteiger partial charge in [0.15, 0.2) is 5.82 Å². The molecular weight excluding hydrogens is 300 g/mol. The van der Waals surface area contributed by atoms with Gasteiger partial charge in [-0.25, -0.2) is 9.67 Å². The molecule has 2 heterocycles. The Hall–Kier alpha value is -0.940. The first kappa shape index (κ1) is 17.9. The summed E-state index contributed by atoms with van der Waals surface area (Å²) in [6.07, 6.45) is 8.70. The zero-order valence-corrected chi connectivity index (χ0v) is 15.7. The Morgan fingerprint density at radius 2 is 2.04 bits per heavy atom. The highest BCUT2D eigenvalue weighted by Crippen LogP contribution is 2.32. The van der Waals surface area contributed by atoms with Gasteiger partial charge in [0.05, 0.1) is 12.7 Å². The molecule has 2 fully saturated rings. The quantitative estimate of drug-likeness (QED) is 0.766. The van der Waals surface area contributed by atoms with Gasteiger partial charge in [-0.2, -0.15) is 5.10 Å². The lowest BCUT2D eigenvalue weighted by molar-refractivity contribution is -0.0389. The molecule has 24 heavy (non-hydrogen) atoms. The van der Waals surface area contributed by atoms with E-state index in [-0.39, 0.29) is 6.10 Å². The normalized spacial score (nSPS) is 23.4. The van der Waals surface area contributed by atoms with Crippen LogP contribution >= 0.6 is 0 Å². The molecular formula is C19H34N4O. The fourth-order valence-electron chi connectivity index (χ4n) is 3.93. The van der Waals surface area contributed by atoms with Crippen molar-refractivity contribution in [3.63, 3.8) is 0 Å². The van der Waals surface area contributed by atoms with Crippen LogP contribution in [0.2, 0.25) is 0 Å². The minimum Gasteiger partial charge on any atom is -0.375 e. The first-order chi connectivity index (χ1) is 11.7. The summed E-state index contributed by atoms with van der Waals surface area (Å²) in [7, 11) is 0. The van der Waals surface area contributed by atoms with Crippen molar-refractivity contribution in [3.05, 3.63) is 11.6 Å². The third-order valence-corrected chi connectivity index (χ3v) is 5.52. The van der Waals surface area contributed by atoms with E-state index in [1.165, 1.54) is 38.5 Å². The lowest BCUT2D eigenvalue weighted by atomic mass is 10.1. The molecule has 1 aromatic heterocycles. The highest BCUT2D eigenvalue weighted by molar-refractivity contribution is 5.03. The van der Waals surface area contributed by atoms with E-state index in [9.17, 15) is 0 Å². The topological polar surface area (TPSA) is 43.2 Å². The van der Waals surface area contributed by atoms with Crippen molar-refractivity contribution in [2.75, 3.05) is 19.7 Å². The van der Waals surface area contributed by atoms with Gasteiger partial charge in [0.2, 0.25) is 0 Å². The molecule has 2 aliphatic rings. The van der Waals surface area contributed by atoms with E-state index in [4.69, 9.17) is 14.8 Å². The Morgan fingerprint density at radius 1 is 1.25 bits per heavy atom. The summed E-state index contributed by atoms with van der Waals surface area (Å²) >= 11 is 0. The summed E-state index contributed by atoms with van der Waals surface area (Å²) in [5.74, 6) is 2.82. The summed E-state index contributed by atoms with van der Waals surface area (Å²) in [5, 5.41) is 4.89. The first-order valence-electron chi connectivity index (χ1n) is 9.96. The second kappa shape index (κ2) is 8.43. The highest BCUT2D eigenvalue weighted by atomic mass is 16.5. The molecule has 1 saturated carbocycles. The number of rotatable bonds is 7. The summed E-state index contributed by atoms with van der Waals surface area (Å²) in [6, 6.07) is 0.586. The maximum Gasteiger partial charge on any atom is 0.154 e. The smallest absolute Gasteiger partial charge is 0.154 e. The molecule has 1 aromatic rings. The van der Waals surface area contributed by atoms with Crippen LogP contribution in [-0.2, 0) is 17.7 Å². The van der Waals surface area contributed by atoms with Gasteiger partial charge in [0, 0.05) is 38.0 Å². The Bertz CT molecular complexity index is 507. The van der Waals surface area contributed by atoms with Crippen LogP contribution in [0.3, 0.4) is 0 Å². The molecule has 0 bridgehead atoms. The molecule has 0 amide bonds. The Morgan fingerprint density at radius 3 is 2.75 bits per heavy atom. The van der Waals surface area contributed by atoms with E-state index >= 15 is 0 Å². The van der Waals surface area contributed by atoms with Crippen molar-refractivity contribution in [3.8, 4) is 0 Å². The second-order valence-corrected chi connectivity index (χ2v) is 7.73. The number of hydrogen-bond donors (Lipinski definition) is 0. The monoisotopic (exact) mass is 334 g/mol. The Balaban J connectivity index is 1.70. The second-order valence-electron chi connectivity index (χ2n) is 7.73. The zero-order chi connectivity index (χ0) is 16.9. The largest absolute Gasteiger partial charge is 0.375 e. The van der Waals surface area contributed by atoms with Crippen molar-refractivity contribution >= 4 is 0 Å². The molecule has 0 N–H and O–H groups in total. The van der Waals surface area contributed by atoms with E-state index in [2.05, 4.69) is 30.4 Å². The van der Waals surface area contributed by atoms with Gasteiger partial charge < -0.3 is 4.74 Å². The Kier molecular flexibility index (Phi) is 6.28. The number of aromatic nitrogens is 3. The van der Waals surface area contributed by atoms with Gasteiger partial charge in [-0.05, 0) is 33.1 Å². The third kappa shape index (κ3) is 4.37. The number of ether oxygens (including phenoxy) is 1. The van der Waals surface area contributed by atoms with Crippen LogP contribution < -0.4 is 0 Å². The fraction of sp³-hybridized carbons (Fsp3) is 0.895. The standard InChI is InChI=1S/C19H34N4O/c1-4-5-10-23-18(20-19(21-23)16-8-6-7-9-16)13-17-14-22(15(2)3)11-12-24-17/h15-17H,4-14H2,1-3H3/t17-/m0/s1. The van der Waals surface area contributed by atoms with Crippen molar-refractivity contribution in [2.24, 2.45) is 0 Å². The van der Waals surface area contributed by atoms with Crippen molar-refractivity contribution in [1.29, 1.82) is 0 Å². The van der Waals surface area contributed by atoms with Crippen LogP contribution in [0.15, 0.2) is 0 Å². The molecule has 1 aliphatic heterocycles. The molecule has 1 atom stereocenters. The van der Waals surface area contributed by atoms with Gasteiger partial charge in [-0.1, -0.05) is 26.2 Å². The van der Waals surface area contributed by atoms with Gasteiger partial charge >= 0.3 is 0 Å². The van der Waals surface area contributed by atoms with Crippen LogP contribution in [0, 0.1) is 0 Å².